The average molecular weight is 244 g/mol. The zero-order valence-corrected chi connectivity index (χ0v) is 11.2. The van der Waals surface area contributed by atoms with Crippen molar-refractivity contribution in [2.24, 2.45) is 5.73 Å². The van der Waals surface area contributed by atoms with E-state index in [9.17, 15) is 0 Å². The Bertz CT molecular complexity index is 531. The van der Waals surface area contributed by atoms with Crippen molar-refractivity contribution in [1.29, 1.82) is 0 Å². The molecule has 18 heavy (non-hydrogen) atoms. The summed E-state index contributed by atoms with van der Waals surface area (Å²) in [7, 11) is 2.07. The van der Waals surface area contributed by atoms with Crippen LogP contribution in [0, 0.1) is 13.8 Å². The number of aryl methyl sites for hydroxylation is 2. The van der Waals surface area contributed by atoms with Gasteiger partial charge in [0, 0.05) is 12.7 Å². The first-order valence-electron chi connectivity index (χ1n) is 6.17. The molecule has 0 radical (unpaired) electrons. The summed E-state index contributed by atoms with van der Waals surface area (Å²) in [6, 6.07) is 10.4. The van der Waals surface area contributed by atoms with Crippen molar-refractivity contribution in [2.75, 3.05) is 11.9 Å². The van der Waals surface area contributed by atoms with Crippen LogP contribution in [0.5, 0.6) is 0 Å². The van der Waals surface area contributed by atoms with Gasteiger partial charge < -0.3 is 15.1 Å². The maximum atomic E-state index is 5.73. The van der Waals surface area contributed by atoms with Crippen LogP contribution in [-0.2, 0) is 13.1 Å². The molecule has 0 fully saturated rings. The zero-order valence-electron chi connectivity index (χ0n) is 11.2. The fraction of sp³-hybridized carbons (Fsp3) is 0.333. The highest BCUT2D eigenvalue weighted by molar-refractivity contribution is 5.52. The van der Waals surface area contributed by atoms with Crippen molar-refractivity contribution in [3.05, 3.63) is 53.0 Å². The summed E-state index contributed by atoms with van der Waals surface area (Å²) in [5, 5.41) is 0. The summed E-state index contributed by atoms with van der Waals surface area (Å²) in [5.41, 5.74) is 9.24. The van der Waals surface area contributed by atoms with E-state index in [0.29, 0.717) is 6.54 Å². The van der Waals surface area contributed by atoms with Crippen LogP contribution in [0.2, 0.25) is 0 Å². The number of nitrogens with two attached hydrogens (primary N) is 1. The molecule has 2 N–H and O–H groups in total. The third kappa shape index (κ3) is 2.57. The van der Waals surface area contributed by atoms with Crippen LogP contribution in [0.4, 0.5) is 5.69 Å². The minimum Gasteiger partial charge on any atom is -0.463 e. The maximum Gasteiger partial charge on any atom is 0.123 e. The van der Waals surface area contributed by atoms with Gasteiger partial charge in [0.15, 0.2) is 0 Å². The van der Waals surface area contributed by atoms with Crippen molar-refractivity contribution in [3.63, 3.8) is 0 Å². The molecule has 1 aromatic heterocycles. The molecule has 0 bridgehead atoms. The third-order valence-corrected chi connectivity index (χ3v) is 3.18. The van der Waals surface area contributed by atoms with Gasteiger partial charge in [-0.2, -0.15) is 0 Å². The first-order valence-corrected chi connectivity index (χ1v) is 6.17. The van der Waals surface area contributed by atoms with Crippen LogP contribution in [0.1, 0.15) is 22.6 Å². The van der Waals surface area contributed by atoms with E-state index in [2.05, 4.69) is 49.2 Å². The van der Waals surface area contributed by atoms with E-state index in [1.54, 1.807) is 0 Å². The first kappa shape index (κ1) is 12.7. The molecule has 0 saturated heterocycles. The molecule has 2 rings (SSSR count). The largest absolute Gasteiger partial charge is 0.463 e. The summed E-state index contributed by atoms with van der Waals surface area (Å²) >= 11 is 0. The SMILES string of the molecule is Cc1ccccc1N(C)Cc1cc(C)c(CN)o1. The van der Waals surface area contributed by atoms with E-state index in [4.69, 9.17) is 10.2 Å². The lowest BCUT2D eigenvalue weighted by Crippen LogP contribution is -2.16. The molecular formula is C15H20N2O. The van der Waals surface area contributed by atoms with Gasteiger partial charge >= 0.3 is 0 Å². The van der Waals surface area contributed by atoms with E-state index < -0.39 is 0 Å². The summed E-state index contributed by atoms with van der Waals surface area (Å²) < 4.78 is 5.73. The lowest BCUT2D eigenvalue weighted by molar-refractivity contribution is 0.463. The zero-order chi connectivity index (χ0) is 13.1. The second kappa shape index (κ2) is 5.27. The predicted molar refractivity (Wildman–Crippen MR) is 74.6 cm³/mol. The van der Waals surface area contributed by atoms with Crippen molar-refractivity contribution >= 4 is 5.69 Å². The first-order chi connectivity index (χ1) is 8.61. The Morgan fingerprint density at radius 3 is 2.50 bits per heavy atom. The van der Waals surface area contributed by atoms with Crippen molar-refractivity contribution in [3.8, 4) is 0 Å². The second-order valence-electron chi connectivity index (χ2n) is 4.67. The number of rotatable bonds is 4. The van der Waals surface area contributed by atoms with Crippen LogP contribution >= 0.6 is 0 Å². The molecular weight excluding hydrogens is 224 g/mol. The fourth-order valence-corrected chi connectivity index (χ4v) is 2.18. The molecule has 0 unspecified atom stereocenters. The van der Waals surface area contributed by atoms with Crippen molar-refractivity contribution < 1.29 is 4.42 Å². The molecule has 3 nitrogen and oxygen atoms in total. The Balaban J connectivity index is 2.16. The summed E-state index contributed by atoms with van der Waals surface area (Å²) in [4.78, 5) is 2.19. The number of anilines is 1. The van der Waals surface area contributed by atoms with Gasteiger partial charge in [0.2, 0.25) is 0 Å². The summed E-state index contributed by atoms with van der Waals surface area (Å²) in [6.45, 7) is 5.36. The quantitative estimate of drug-likeness (QED) is 0.899. The van der Waals surface area contributed by atoms with Gasteiger partial charge in [-0.3, -0.25) is 0 Å². The summed E-state index contributed by atoms with van der Waals surface area (Å²) in [5.74, 6) is 1.84. The molecule has 2 aromatic rings. The molecule has 0 amide bonds. The molecule has 0 aliphatic heterocycles. The van der Waals surface area contributed by atoms with E-state index in [0.717, 1.165) is 23.6 Å². The standard InChI is InChI=1S/C15H20N2O/c1-11-6-4-5-7-14(11)17(3)10-13-8-12(2)15(9-16)18-13/h4-8H,9-10,16H2,1-3H3. The maximum absolute atomic E-state index is 5.73. The Labute approximate surface area is 108 Å². The van der Waals surface area contributed by atoms with Crippen LogP contribution < -0.4 is 10.6 Å². The minimum atomic E-state index is 0.458. The minimum absolute atomic E-state index is 0.458. The molecule has 3 heteroatoms. The van der Waals surface area contributed by atoms with E-state index in [-0.39, 0.29) is 0 Å². The molecule has 0 spiro atoms. The molecule has 0 saturated carbocycles. The fourth-order valence-electron chi connectivity index (χ4n) is 2.18. The molecule has 0 aliphatic carbocycles. The molecule has 1 aromatic carbocycles. The Morgan fingerprint density at radius 2 is 1.89 bits per heavy atom. The number of benzene rings is 1. The van der Waals surface area contributed by atoms with Crippen LogP contribution in [0.3, 0.4) is 0 Å². The average Bonchev–Trinajstić information content (AvgIpc) is 2.69. The normalized spacial score (nSPS) is 10.7. The lowest BCUT2D eigenvalue weighted by Gasteiger charge is -2.20. The Hall–Kier alpha value is -1.74. The molecule has 1 heterocycles. The van der Waals surface area contributed by atoms with Crippen molar-refractivity contribution in [2.45, 2.75) is 26.9 Å². The Kier molecular flexibility index (Phi) is 3.72. The third-order valence-electron chi connectivity index (χ3n) is 3.18. The monoisotopic (exact) mass is 244 g/mol. The molecule has 96 valence electrons. The van der Waals surface area contributed by atoms with Gasteiger partial charge in [0.25, 0.3) is 0 Å². The van der Waals surface area contributed by atoms with Crippen LogP contribution in [-0.4, -0.2) is 7.05 Å². The van der Waals surface area contributed by atoms with Crippen LogP contribution in [0.25, 0.3) is 0 Å². The van der Waals surface area contributed by atoms with Crippen LogP contribution in [0.15, 0.2) is 34.7 Å². The lowest BCUT2D eigenvalue weighted by atomic mass is 10.2. The number of para-hydroxylation sites is 1. The highest BCUT2D eigenvalue weighted by atomic mass is 16.3. The number of hydrogen-bond acceptors (Lipinski definition) is 3. The van der Waals surface area contributed by atoms with E-state index >= 15 is 0 Å². The molecule has 0 atom stereocenters. The van der Waals surface area contributed by atoms with Gasteiger partial charge in [-0.1, -0.05) is 18.2 Å². The van der Waals surface area contributed by atoms with Gasteiger partial charge in [-0.15, -0.1) is 0 Å². The smallest absolute Gasteiger partial charge is 0.123 e. The number of hydrogen-bond donors (Lipinski definition) is 1. The van der Waals surface area contributed by atoms with E-state index in [1.165, 1.54) is 11.3 Å². The number of nitrogens with zero attached hydrogens (tertiary/aromatic N) is 1. The number of furan rings is 1. The van der Waals surface area contributed by atoms with Gasteiger partial charge in [0.05, 0.1) is 13.1 Å². The van der Waals surface area contributed by atoms with Gasteiger partial charge in [0.1, 0.15) is 11.5 Å². The second-order valence-corrected chi connectivity index (χ2v) is 4.67. The van der Waals surface area contributed by atoms with E-state index in [1.807, 2.05) is 6.92 Å². The predicted octanol–water partition coefficient (Wildman–Crippen LogP) is 2.99. The van der Waals surface area contributed by atoms with Crippen molar-refractivity contribution in [1.82, 2.24) is 0 Å². The highest BCUT2D eigenvalue weighted by Gasteiger charge is 2.10. The topological polar surface area (TPSA) is 42.4 Å². The van der Waals surface area contributed by atoms with Gasteiger partial charge in [-0.25, -0.2) is 0 Å². The molecule has 0 aliphatic rings. The van der Waals surface area contributed by atoms with Gasteiger partial charge in [-0.05, 0) is 37.1 Å². The highest BCUT2D eigenvalue weighted by Crippen LogP contribution is 2.22. The summed E-state index contributed by atoms with van der Waals surface area (Å²) in [6.07, 6.45) is 0. The Morgan fingerprint density at radius 1 is 1.17 bits per heavy atom.